The number of hydrogen-bond acceptors (Lipinski definition) is 6. The number of ether oxygens (including phenoxy) is 1. The highest BCUT2D eigenvalue weighted by atomic mass is 16.5. The molecule has 7 nitrogen and oxygen atoms in total. The Morgan fingerprint density at radius 3 is 2.55 bits per heavy atom. The van der Waals surface area contributed by atoms with Gasteiger partial charge in [-0.25, -0.2) is 4.85 Å². The van der Waals surface area contributed by atoms with Gasteiger partial charge in [-0.3, -0.25) is 4.90 Å². The van der Waals surface area contributed by atoms with Crippen molar-refractivity contribution < 1.29 is 9.84 Å². The Kier molecular flexibility index (Phi) is 5.95. The number of aryl methyl sites for hydroxylation is 1. The Labute approximate surface area is 193 Å². The molecule has 0 radical (unpaired) electrons. The number of nitrogens with one attached hydrogen (secondary N) is 1. The number of hydrogen-bond donors (Lipinski definition) is 2. The third-order valence-electron chi connectivity index (χ3n) is 6.51. The van der Waals surface area contributed by atoms with E-state index in [1.807, 2.05) is 37.3 Å². The fourth-order valence-corrected chi connectivity index (χ4v) is 4.56. The molecule has 0 unspecified atom stereocenters. The molecular formula is C26H27N5O2. The zero-order chi connectivity index (χ0) is 22.8. The number of nitrogens with zero attached hydrogens (tertiary/aromatic N) is 4. The number of likely N-dealkylation sites (tertiary alicyclic amines) is 1. The number of anilines is 1. The molecule has 3 aromatic rings. The Morgan fingerprint density at radius 1 is 1.09 bits per heavy atom. The maximum atomic E-state index is 10.7. The molecule has 2 aromatic carbocycles. The topological polar surface area (TPSA) is 74.9 Å². The Balaban J connectivity index is 1.31. The summed E-state index contributed by atoms with van der Waals surface area (Å²) in [6.07, 6.45) is 2.28. The van der Waals surface area contributed by atoms with E-state index >= 15 is 0 Å². The fraction of sp³-hybridized carbons (Fsp3) is 0.346. The van der Waals surface area contributed by atoms with Crippen molar-refractivity contribution in [3.63, 3.8) is 0 Å². The zero-order valence-electron chi connectivity index (χ0n) is 18.7. The number of rotatable bonds is 5. The van der Waals surface area contributed by atoms with E-state index < -0.39 is 0 Å². The van der Waals surface area contributed by atoms with E-state index in [-0.39, 0.29) is 5.75 Å². The van der Waals surface area contributed by atoms with Gasteiger partial charge in [0.1, 0.15) is 11.6 Å². The lowest BCUT2D eigenvalue weighted by Gasteiger charge is -2.42. The first-order chi connectivity index (χ1) is 16.1. The predicted molar refractivity (Wildman–Crippen MR) is 128 cm³/mol. The SMILES string of the molecule is [C-]#[N+]c1ccc(-c2ccc(-c3nnc(N[C@H]4CCCN(C5COC5)C4)cc3C)c(O)c2)cc1. The van der Waals surface area contributed by atoms with Crippen LogP contribution in [0.4, 0.5) is 11.5 Å². The monoisotopic (exact) mass is 441 g/mol. The summed E-state index contributed by atoms with van der Waals surface area (Å²) in [5, 5.41) is 23.1. The van der Waals surface area contributed by atoms with Crippen molar-refractivity contribution in [2.24, 2.45) is 0 Å². The van der Waals surface area contributed by atoms with Crippen LogP contribution in [0, 0.1) is 13.5 Å². The summed E-state index contributed by atoms with van der Waals surface area (Å²) in [5.74, 6) is 0.925. The van der Waals surface area contributed by atoms with Gasteiger partial charge < -0.3 is 15.2 Å². The van der Waals surface area contributed by atoms with Crippen LogP contribution in [0.5, 0.6) is 5.75 Å². The zero-order valence-corrected chi connectivity index (χ0v) is 18.7. The summed E-state index contributed by atoms with van der Waals surface area (Å²) in [5.41, 5.74) is 4.71. The molecule has 5 rings (SSSR count). The first kappa shape index (κ1) is 21.4. The van der Waals surface area contributed by atoms with Crippen molar-refractivity contribution in [1.29, 1.82) is 0 Å². The molecule has 33 heavy (non-hydrogen) atoms. The molecule has 1 aromatic heterocycles. The second-order valence-electron chi connectivity index (χ2n) is 8.82. The Hall–Kier alpha value is -3.47. The molecular weight excluding hydrogens is 414 g/mol. The summed E-state index contributed by atoms with van der Waals surface area (Å²) in [7, 11) is 0. The average molecular weight is 442 g/mol. The molecule has 2 aliphatic rings. The van der Waals surface area contributed by atoms with Crippen molar-refractivity contribution in [3.8, 4) is 28.1 Å². The van der Waals surface area contributed by atoms with Gasteiger partial charge in [0.2, 0.25) is 0 Å². The van der Waals surface area contributed by atoms with Gasteiger partial charge >= 0.3 is 0 Å². The molecule has 2 aliphatic heterocycles. The molecule has 0 amide bonds. The lowest BCUT2D eigenvalue weighted by atomic mass is 10.00. The van der Waals surface area contributed by atoms with E-state index in [4.69, 9.17) is 11.3 Å². The van der Waals surface area contributed by atoms with Crippen molar-refractivity contribution >= 4 is 11.5 Å². The molecule has 0 saturated carbocycles. The second-order valence-corrected chi connectivity index (χ2v) is 8.82. The van der Waals surface area contributed by atoms with Crippen LogP contribution >= 0.6 is 0 Å². The molecule has 7 heteroatoms. The third kappa shape index (κ3) is 4.54. The van der Waals surface area contributed by atoms with Crippen LogP contribution < -0.4 is 5.32 Å². The van der Waals surface area contributed by atoms with Gasteiger partial charge in [0.05, 0.1) is 31.5 Å². The highest BCUT2D eigenvalue weighted by Gasteiger charge is 2.30. The third-order valence-corrected chi connectivity index (χ3v) is 6.51. The maximum absolute atomic E-state index is 10.7. The molecule has 0 spiro atoms. The summed E-state index contributed by atoms with van der Waals surface area (Å²) >= 11 is 0. The minimum atomic E-state index is 0.158. The van der Waals surface area contributed by atoms with E-state index in [9.17, 15) is 5.11 Å². The number of phenols is 1. The summed E-state index contributed by atoms with van der Waals surface area (Å²) in [6, 6.07) is 15.8. The molecule has 0 bridgehead atoms. The maximum Gasteiger partial charge on any atom is 0.187 e. The molecule has 2 saturated heterocycles. The molecule has 168 valence electrons. The van der Waals surface area contributed by atoms with Crippen LogP contribution in [0.25, 0.3) is 27.2 Å². The van der Waals surface area contributed by atoms with Gasteiger partial charge in [0.15, 0.2) is 5.69 Å². The normalized spacial score (nSPS) is 19.0. The average Bonchev–Trinajstić information content (AvgIpc) is 2.79. The van der Waals surface area contributed by atoms with Crippen molar-refractivity contribution in [1.82, 2.24) is 15.1 Å². The second kappa shape index (κ2) is 9.18. The fourth-order valence-electron chi connectivity index (χ4n) is 4.56. The van der Waals surface area contributed by atoms with Crippen molar-refractivity contribution in [2.45, 2.75) is 31.8 Å². The van der Waals surface area contributed by atoms with Gasteiger partial charge in [-0.05, 0) is 61.2 Å². The quantitative estimate of drug-likeness (QED) is 0.562. The minimum absolute atomic E-state index is 0.158. The summed E-state index contributed by atoms with van der Waals surface area (Å²) in [4.78, 5) is 5.93. The van der Waals surface area contributed by atoms with Crippen LogP contribution in [-0.4, -0.2) is 58.6 Å². The lowest BCUT2D eigenvalue weighted by molar-refractivity contribution is -0.0710. The van der Waals surface area contributed by atoms with Crippen LogP contribution in [0.2, 0.25) is 0 Å². The van der Waals surface area contributed by atoms with Gasteiger partial charge in [0.25, 0.3) is 0 Å². The summed E-state index contributed by atoms with van der Waals surface area (Å²) in [6.45, 7) is 12.9. The number of phenolic OH excluding ortho intramolecular Hbond substituents is 1. The Morgan fingerprint density at radius 2 is 1.88 bits per heavy atom. The van der Waals surface area contributed by atoms with Gasteiger partial charge in [-0.1, -0.05) is 30.3 Å². The predicted octanol–water partition coefficient (Wildman–Crippen LogP) is 4.65. The number of aromatic hydroxyl groups is 1. The lowest BCUT2D eigenvalue weighted by Crippen LogP contribution is -2.54. The van der Waals surface area contributed by atoms with Gasteiger partial charge in [-0.15, -0.1) is 10.2 Å². The van der Waals surface area contributed by atoms with Crippen molar-refractivity contribution in [2.75, 3.05) is 31.6 Å². The molecule has 0 aliphatic carbocycles. The van der Waals surface area contributed by atoms with E-state index in [2.05, 4.69) is 25.3 Å². The highest BCUT2D eigenvalue weighted by molar-refractivity contribution is 5.76. The highest BCUT2D eigenvalue weighted by Crippen LogP contribution is 2.34. The van der Waals surface area contributed by atoms with Crippen LogP contribution in [0.15, 0.2) is 48.5 Å². The molecule has 2 fully saturated rings. The Bertz CT molecular complexity index is 1180. The van der Waals surface area contributed by atoms with Crippen molar-refractivity contribution in [3.05, 3.63) is 65.5 Å². The minimum Gasteiger partial charge on any atom is -0.507 e. The van der Waals surface area contributed by atoms with Crippen LogP contribution in [0.3, 0.4) is 0 Å². The molecule has 3 heterocycles. The number of piperidine rings is 1. The number of benzene rings is 2. The standard InChI is InChI=1S/C26H27N5O2/c1-17-12-25(28-21-4-3-11-31(14-21)22-15-33-16-22)29-30-26(17)23-10-7-19(13-24(23)32)18-5-8-20(27-2)9-6-18/h5-10,12-13,21-22,32H,3-4,11,14-16H2,1H3,(H,28,29)/t21-/m0/s1. The first-order valence-electron chi connectivity index (χ1n) is 11.3. The van der Waals surface area contributed by atoms with Crippen LogP contribution in [0.1, 0.15) is 18.4 Å². The van der Waals surface area contributed by atoms with Gasteiger partial charge in [0, 0.05) is 18.2 Å². The van der Waals surface area contributed by atoms with E-state index in [1.165, 1.54) is 6.42 Å². The molecule has 2 N–H and O–H groups in total. The molecule has 1 atom stereocenters. The first-order valence-corrected chi connectivity index (χ1v) is 11.3. The largest absolute Gasteiger partial charge is 0.507 e. The van der Waals surface area contributed by atoms with Gasteiger partial charge in [-0.2, -0.15) is 0 Å². The van der Waals surface area contributed by atoms with E-state index in [0.717, 1.165) is 55.2 Å². The van der Waals surface area contributed by atoms with Crippen LogP contribution in [-0.2, 0) is 4.74 Å². The number of aromatic nitrogens is 2. The summed E-state index contributed by atoms with van der Waals surface area (Å²) < 4.78 is 5.35. The van der Waals surface area contributed by atoms with E-state index in [1.54, 1.807) is 18.2 Å². The van der Waals surface area contributed by atoms with E-state index in [0.29, 0.717) is 29.0 Å². The smallest absolute Gasteiger partial charge is 0.187 e.